The number of aliphatic hydroxyl groups excluding tert-OH is 6. The number of carbonyl (C=O) groups excluding carboxylic acids is 1. The zero-order valence-corrected chi connectivity index (χ0v) is 21.0. The highest BCUT2D eigenvalue weighted by molar-refractivity contribution is 5.91. The quantitative estimate of drug-likeness (QED) is 0.121. The third-order valence-electron chi connectivity index (χ3n) is 9.34. The van der Waals surface area contributed by atoms with Gasteiger partial charge in [0, 0.05) is 5.41 Å². The van der Waals surface area contributed by atoms with Crippen molar-refractivity contribution in [2.45, 2.75) is 88.9 Å². The summed E-state index contributed by atoms with van der Waals surface area (Å²) in [5, 5.41) is 61.0. The van der Waals surface area contributed by atoms with Crippen LogP contribution in [0.2, 0.25) is 0 Å². The first kappa shape index (κ1) is 27.7. The van der Waals surface area contributed by atoms with Gasteiger partial charge in [0.1, 0.15) is 37.1 Å². The monoisotopic (exact) mass is 512 g/mol. The SMILES string of the molecule is C=C1CC[C@@H]2[C@](C)(CO)[C@H](O[C@@H]3O[C@H](CO)[C@@H](O)[C@H](O)[C@H]3O)CC[C@@]2(C)[C@@H]1CC=C1C(=O)OC[C@H]1O. The molecule has 10 heteroatoms. The van der Waals surface area contributed by atoms with Crippen molar-refractivity contribution >= 4 is 5.97 Å². The molecule has 204 valence electrons. The Hall–Kier alpha value is -1.37. The molecule has 36 heavy (non-hydrogen) atoms. The molecule has 0 unspecified atom stereocenters. The number of allylic oxidation sites excluding steroid dienone is 2. The second-order valence-electron chi connectivity index (χ2n) is 11.3. The number of cyclic esters (lactones) is 1. The van der Waals surface area contributed by atoms with Gasteiger partial charge in [0.05, 0.1) is 24.9 Å². The van der Waals surface area contributed by atoms with Gasteiger partial charge in [-0.15, -0.1) is 0 Å². The van der Waals surface area contributed by atoms with E-state index in [9.17, 15) is 35.4 Å². The fourth-order valence-corrected chi connectivity index (χ4v) is 7.11. The van der Waals surface area contributed by atoms with Gasteiger partial charge in [-0.1, -0.05) is 32.1 Å². The minimum absolute atomic E-state index is 0.00740. The molecule has 0 radical (unpaired) electrons. The Morgan fingerprint density at radius 3 is 2.44 bits per heavy atom. The van der Waals surface area contributed by atoms with E-state index in [0.717, 1.165) is 24.8 Å². The Morgan fingerprint density at radius 1 is 1.11 bits per heavy atom. The summed E-state index contributed by atoms with van der Waals surface area (Å²) in [6, 6.07) is 0. The van der Waals surface area contributed by atoms with E-state index in [1.165, 1.54) is 0 Å². The maximum atomic E-state index is 12.0. The molecule has 0 bridgehead atoms. The van der Waals surface area contributed by atoms with Crippen molar-refractivity contribution in [3.8, 4) is 0 Å². The number of aliphatic hydroxyl groups is 6. The van der Waals surface area contributed by atoms with Gasteiger partial charge >= 0.3 is 5.97 Å². The van der Waals surface area contributed by atoms with E-state index in [0.29, 0.717) is 12.8 Å². The summed E-state index contributed by atoms with van der Waals surface area (Å²) in [5.41, 5.74) is 0.356. The Labute approximate surface area is 211 Å². The summed E-state index contributed by atoms with van der Waals surface area (Å²) >= 11 is 0. The fourth-order valence-electron chi connectivity index (χ4n) is 7.11. The van der Waals surface area contributed by atoms with Crippen LogP contribution in [-0.2, 0) is 19.0 Å². The molecule has 4 aliphatic rings. The second kappa shape index (κ2) is 10.4. The predicted octanol–water partition coefficient (Wildman–Crippen LogP) is -0.213. The Kier molecular flexibility index (Phi) is 8.00. The van der Waals surface area contributed by atoms with Gasteiger partial charge in [-0.3, -0.25) is 0 Å². The molecule has 2 saturated carbocycles. The molecule has 4 rings (SSSR count). The topological polar surface area (TPSA) is 166 Å². The standard InChI is InChI=1S/C26H40O10/c1-13-4-7-18-25(2,15(13)6-5-14-16(29)11-34-23(14)33)9-8-19(26(18,3)12-28)36-24-22(32)21(31)20(30)17(10-27)35-24/h5,15-22,24,27-32H,1,4,6-12H2,2-3H3/t15-,16-,17-,18+,19-,20-,21+,22-,24+,25+,26+/m1/s1. The summed E-state index contributed by atoms with van der Waals surface area (Å²) < 4.78 is 16.7. The summed E-state index contributed by atoms with van der Waals surface area (Å²) in [6.45, 7) is 7.68. The van der Waals surface area contributed by atoms with Crippen LogP contribution in [-0.4, -0.2) is 99.3 Å². The molecule has 2 aliphatic heterocycles. The van der Waals surface area contributed by atoms with Crippen molar-refractivity contribution in [2.75, 3.05) is 19.8 Å². The molecular weight excluding hydrogens is 472 g/mol. The van der Waals surface area contributed by atoms with Gasteiger partial charge in [-0.25, -0.2) is 4.79 Å². The number of carbonyl (C=O) groups is 1. The largest absolute Gasteiger partial charge is 0.459 e. The van der Waals surface area contributed by atoms with Crippen LogP contribution in [0.1, 0.15) is 46.0 Å². The van der Waals surface area contributed by atoms with Gasteiger partial charge in [0.2, 0.25) is 0 Å². The number of hydrogen-bond acceptors (Lipinski definition) is 10. The Bertz CT molecular complexity index is 873. The van der Waals surface area contributed by atoms with Crippen LogP contribution in [0.3, 0.4) is 0 Å². The second-order valence-corrected chi connectivity index (χ2v) is 11.3. The van der Waals surface area contributed by atoms with E-state index in [1.54, 1.807) is 6.08 Å². The third-order valence-corrected chi connectivity index (χ3v) is 9.34. The minimum Gasteiger partial charge on any atom is -0.459 e. The van der Waals surface area contributed by atoms with Crippen molar-refractivity contribution in [2.24, 2.45) is 22.7 Å². The van der Waals surface area contributed by atoms with Crippen LogP contribution < -0.4 is 0 Å². The van der Waals surface area contributed by atoms with Crippen molar-refractivity contribution < 1.29 is 49.6 Å². The molecule has 0 aromatic carbocycles. The summed E-state index contributed by atoms with van der Waals surface area (Å²) in [6.07, 6.45) is -3.26. The molecule has 0 spiro atoms. The van der Waals surface area contributed by atoms with Crippen LogP contribution in [0.4, 0.5) is 0 Å². The zero-order valence-electron chi connectivity index (χ0n) is 21.0. The number of esters is 1. The first-order chi connectivity index (χ1) is 17.0. The molecule has 4 fully saturated rings. The summed E-state index contributed by atoms with van der Waals surface area (Å²) in [7, 11) is 0. The molecular formula is C26H40O10. The Morgan fingerprint density at radius 2 is 1.83 bits per heavy atom. The first-order valence-electron chi connectivity index (χ1n) is 12.8. The maximum Gasteiger partial charge on any atom is 0.336 e. The summed E-state index contributed by atoms with van der Waals surface area (Å²) in [5.74, 6) is -0.473. The lowest BCUT2D eigenvalue weighted by Crippen LogP contribution is -2.63. The van der Waals surface area contributed by atoms with E-state index in [-0.39, 0.29) is 36.0 Å². The molecule has 11 atom stereocenters. The molecule has 10 nitrogen and oxygen atoms in total. The molecule has 0 aromatic rings. The third kappa shape index (κ3) is 4.56. The lowest BCUT2D eigenvalue weighted by atomic mass is 9.46. The highest BCUT2D eigenvalue weighted by atomic mass is 16.7. The number of fused-ring (bicyclic) bond motifs is 1. The van der Waals surface area contributed by atoms with E-state index in [4.69, 9.17) is 14.2 Å². The molecule has 2 heterocycles. The van der Waals surface area contributed by atoms with E-state index >= 15 is 0 Å². The van der Waals surface area contributed by atoms with E-state index in [1.807, 2.05) is 6.92 Å². The maximum absolute atomic E-state index is 12.0. The van der Waals surface area contributed by atoms with E-state index < -0.39 is 60.9 Å². The van der Waals surface area contributed by atoms with E-state index in [2.05, 4.69) is 13.5 Å². The minimum atomic E-state index is -1.54. The number of rotatable bonds is 6. The highest BCUT2D eigenvalue weighted by Crippen LogP contribution is 2.62. The highest BCUT2D eigenvalue weighted by Gasteiger charge is 2.59. The molecule has 2 aliphatic carbocycles. The van der Waals surface area contributed by atoms with Crippen molar-refractivity contribution in [3.63, 3.8) is 0 Å². The number of hydrogen-bond donors (Lipinski definition) is 6. The predicted molar refractivity (Wildman–Crippen MR) is 126 cm³/mol. The Balaban J connectivity index is 1.56. The van der Waals surface area contributed by atoms with Crippen molar-refractivity contribution in [3.05, 3.63) is 23.8 Å². The molecule has 0 aromatic heterocycles. The molecule has 0 amide bonds. The van der Waals surface area contributed by atoms with Crippen molar-refractivity contribution in [1.29, 1.82) is 0 Å². The first-order valence-corrected chi connectivity index (χ1v) is 12.8. The fraction of sp³-hybridized carbons (Fsp3) is 0.808. The summed E-state index contributed by atoms with van der Waals surface area (Å²) in [4.78, 5) is 12.0. The smallest absolute Gasteiger partial charge is 0.336 e. The lowest BCUT2D eigenvalue weighted by Gasteiger charge is -2.61. The van der Waals surface area contributed by atoms with Crippen LogP contribution in [0.5, 0.6) is 0 Å². The molecule has 6 N–H and O–H groups in total. The van der Waals surface area contributed by atoms with Gasteiger partial charge in [0.25, 0.3) is 0 Å². The van der Waals surface area contributed by atoms with Crippen LogP contribution >= 0.6 is 0 Å². The average Bonchev–Trinajstić information content (AvgIpc) is 3.17. The van der Waals surface area contributed by atoms with Gasteiger partial charge < -0.3 is 44.8 Å². The van der Waals surface area contributed by atoms with Crippen LogP contribution in [0.25, 0.3) is 0 Å². The molecule has 2 saturated heterocycles. The normalized spacial score (nSPS) is 48.7. The lowest BCUT2D eigenvalue weighted by molar-refractivity contribution is -0.330. The van der Waals surface area contributed by atoms with Gasteiger partial charge in [0.15, 0.2) is 6.29 Å². The van der Waals surface area contributed by atoms with Crippen LogP contribution in [0.15, 0.2) is 23.8 Å². The zero-order chi connectivity index (χ0) is 26.4. The number of ether oxygens (including phenoxy) is 3. The van der Waals surface area contributed by atoms with Gasteiger partial charge in [-0.05, 0) is 49.4 Å². The van der Waals surface area contributed by atoms with Crippen LogP contribution in [0, 0.1) is 22.7 Å². The van der Waals surface area contributed by atoms with Gasteiger partial charge in [-0.2, -0.15) is 0 Å². The van der Waals surface area contributed by atoms with Crippen molar-refractivity contribution in [1.82, 2.24) is 0 Å². The average molecular weight is 513 g/mol.